The van der Waals surface area contributed by atoms with Gasteiger partial charge in [0.25, 0.3) is 0 Å². The van der Waals surface area contributed by atoms with Gasteiger partial charge in [0.2, 0.25) is 0 Å². The van der Waals surface area contributed by atoms with Gasteiger partial charge in [-0.05, 0) is 31.9 Å². The Morgan fingerprint density at radius 2 is 1.96 bits per heavy atom. The molecule has 2 fully saturated rings. The molecule has 5 nitrogen and oxygen atoms in total. The molecular formula is C19H24N2O3. The fraction of sp³-hybridized carbons (Fsp3) is 0.526. The average molecular weight is 328 g/mol. The van der Waals surface area contributed by atoms with E-state index in [0.29, 0.717) is 6.42 Å². The highest BCUT2D eigenvalue weighted by Gasteiger charge is 2.48. The Labute approximate surface area is 141 Å². The molecule has 0 amide bonds. The predicted octanol–water partition coefficient (Wildman–Crippen LogP) is 2.11. The first-order valence-corrected chi connectivity index (χ1v) is 8.62. The van der Waals surface area contributed by atoms with Crippen molar-refractivity contribution in [2.75, 3.05) is 24.6 Å². The van der Waals surface area contributed by atoms with Crippen LogP contribution < -0.4 is 4.90 Å². The van der Waals surface area contributed by atoms with E-state index in [0.717, 1.165) is 31.4 Å². The second-order valence-corrected chi connectivity index (χ2v) is 7.38. The lowest BCUT2D eigenvalue weighted by Crippen LogP contribution is -2.59. The molecule has 0 aliphatic carbocycles. The van der Waals surface area contributed by atoms with E-state index in [9.17, 15) is 10.2 Å². The highest BCUT2D eigenvalue weighted by molar-refractivity contribution is 5.91. The van der Waals surface area contributed by atoms with Gasteiger partial charge in [0.15, 0.2) is 0 Å². The minimum atomic E-state index is -1.07. The van der Waals surface area contributed by atoms with Crippen molar-refractivity contribution >= 4 is 16.6 Å². The molecule has 5 heteroatoms. The summed E-state index contributed by atoms with van der Waals surface area (Å²) in [6.45, 7) is 3.68. The highest BCUT2D eigenvalue weighted by Crippen LogP contribution is 2.41. The third-order valence-electron chi connectivity index (χ3n) is 5.59. The second kappa shape index (κ2) is 5.69. The number of pyridine rings is 1. The van der Waals surface area contributed by atoms with Crippen molar-refractivity contribution in [2.45, 2.75) is 43.5 Å². The number of nitrogens with zero attached hydrogens (tertiary/aromatic N) is 2. The molecule has 2 aliphatic rings. The molecule has 1 aromatic heterocycles. The van der Waals surface area contributed by atoms with Crippen LogP contribution in [-0.4, -0.2) is 52.2 Å². The number of aromatic nitrogens is 1. The van der Waals surface area contributed by atoms with E-state index >= 15 is 0 Å². The summed E-state index contributed by atoms with van der Waals surface area (Å²) in [5, 5.41) is 21.5. The number of para-hydroxylation sites is 1. The Kier molecular flexibility index (Phi) is 3.75. The van der Waals surface area contributed by atoms with E-state index in [1.54, 1.807) is 6.92 Å². The van der Waals surface area contributed by atoms with Crippen molar-refractivity contribution in [1.29, 1.82) is 0 Å². The van der Waals surface area contributed by atoms with Crippen molar-refractivity contribution in [2.24, 2.45) is 0 Å². The summed E-state index contributed by atoms with van der Waals surface area (Å²) in [5.74, 6) is 0. The van der Waals surface area contributed by atoms with Crippen molar-refractivity contribution in [3.8, 4) is 0 Å². The Hall–Kier alpha value is -1.69. The van der Waals surface area contributed by atoms with Crippen molar-refractivity contribution < 1.29 is 14.9 Å². The Balaban J connectivity index is 1.54. The molecule has 2 N–H and O–H groups in total. The van der Waals surface area contributed by atoms with Crippen LogP contribution in [0.25, 0.3) is 10.9 Å². The normalized spacial score (nSPS) is 30.0. The van der Waals surface area contributed by atoms with Crippen LogP contribution in [0.3, 0.4) is 0 Å². The molecule has 128 valence electrons. The first-order chi connectivity index (χ1) is 11.5. The monoisotopic (exact) mass is 328 g/mol. The third-order valence-corrected chi connectivity index (χ3v) is 5.59. The molecule has 24 heavy (non-hydrogen) atoms. The van der Waals surface area contributed by atoms with Crippen LogP contribution in [0.4, 0.5) is 5.69 Å². The molecule has 0 radical (unpaired) electrons. The number of aliphatic hydroxyl groups excluding tert-OH is 1. The number of benzene rings is 1. The number of anilines is 1. The van der Waals surface area contributed by atoms with Crippen LogP contribution in [-0.2, 0) is 4.74 Å². The smallest absolute Gasteiger partial charge is 0.106 e. The van der Waals surface area contributed by atoms with Gasteiger partial charge in [-0.25, -0.2) is 0 Å². The molecule has 2 aromatic rings. The number of ether oxygens (including phenoxy) is 1. The van der Waals surface area contributed by atoms with Crippen molar-refractivity contribution in [1.82, 2.24) is 4.98 Å². The molecule has 0 saturated carbocycles. The SMILES string of the molecule is C[C@]1(O)CC2(CCN(c3ccnc4ccccc34)CC2)OC[C@@H]1O. The zero-order chi connectivity index (χ0) is 16.8. The van der Waals surface area contributed by atoms with E-state index in [1.807, 2.05) is 24.4 Å². The Morgan fingerprint density at radius 3 is 2.71 bits per heavy atom. The number of piperidine rings is 1. The fourth-order valence-electron chi connectivity index (χ4n) is 4.09. The van der Waals surface area contributed by atoms with E-state index in [1.165, 1.54) is 11.1 Å². The van der Waals surface area contributed by atoms with Gasteiger partial charge in [0, 0.05) is 36.8 Å². The summed E-state index contributed by atoms with van der Waals surface area (Å²) in [5.41, 5.74) is 0.833. The topological polar surface area (TPSA) is 65.8 Å². The molecule has 0 bridgehead atoms. The third kappa shape index (κ3) is 2.66. The zero-order valence-electron chi connectivity index (χ0n) is 14.0. The molecule has 2 aliphatic heterocycles. The van der Waals surface area contributed by atoms with Crippen LogP contribution in [0, 0.1) is 0 Å². The minimum Gasteiger partial charge on any atom is -0.388 e. The Bertz CT molecular complexity index is 733. The maximum Gasteiger partial charge on any atom is 0.106 e. The predicted molar refractivity (Wildman–Crippen MR) is 93.1 cm³/mol. The lowest BCUT2D eigenvalue weighted by molar-refractivity contribution is -0.216. The van der Waals surface area contributed by atoms with E-state index in [2.05, 4.69) is 22.0 Å². The molecule has 4 rings (SSSR count). The van der Waals surface area contributed by atoms with E-state index in [4.69, 9.17) is 4.74 Å². The number of fused-ring (bicyclic) bond motifs is 1. The summed E-state index contributed by atoms with van der Waals surface area (Å²) in [4.78, 5) is 6.81. The average Bonchev–Trinajstić information content (AvgIpc) is 2.59. The quantitative estimate of drug-likeness (QED) is 0.839. The van der Waals surface area contributed by atoms with Gasteiger partial charge in [-0.2, -0.15) is 0 Å². The van der Waals surface area contributed by atoms with Gasteiger partial charge in [-0.3, -0.25) is 4.98 Å². The lowest BCUT2D eigenvalue weighted by Gasteiger charge is -2.50. The molecule has 2 atom stereocenters. The van der Waals surface area contributed by atoms with Gasteiger partial charge in [-0.1, -0.05) is 18.2 Å². The van der Waals surface area contributed by atoms with Crippen LogP contribution in [0.15, 0.2) is 36.5 Å². The van der Waals surface area contributed by atoms with Gasteiger partial charge < -0.3 is 19.8 Å². The van der Waals surface area contributed by atoms with Crippen LogP contribution in [0.1, 0.15) is 26.2 Å². The second-order valence-electron chi connectivity index (χ2n) is 7.38. The van der Waals surface area contributed by atoms with E-state index < -0.39 is 11.7 Å². The maximum atomic E-state index is 10.4. The number of aliphatic hydroxyl groups is 2. The molecular weight excluding hydrogens is 304 g/mol. The van der Waals surface area contributed by atoms with Crippen molar-refractivity contribution in [3.05, 3.63) is 36.5 Å². The summed E-state index contributed by atoms with van der Waals surface area (Å²) in [7, 11) is 0. The Morgan fingerprint density at radius 1 is 1.21 bits per heavy atom. The first kappa shape index (κ1) is 15.8. The lowest BCUT2D eigenvalue weighted by atomic mass is 9.76. The van der Waals surface area contributed by atoms with Crippen LogP contribution in [0.5, 0.6) is 0 Å². The summed E-state index contributed by atoms with van der Waals surface area (Å²) in [6.07, 6.45) is 3.26. The largest absolute Gasteiger partial charge is 0.388 e. The standard InChI is InChI=1S/C19H24N2O3/c1-18(23)13-19(24-12-17(18)22)7-10-21(11-8-19)16-6-9-20-15-5-3-2-4-14(15)16/h2-6,9,17,22-23H,7-8,10-13H2,1H3/t17-,18-/m0/s1. The van der Waals surface area contributed by atoms with Crippen LogP contribution in [0.2, 0.25) is 0 Å². The van der Waals surface area contributed by atoms with Gasteiger partial charge in [-0.15, -0.1) is 0 Å². The van der Waals surface area contributed by atoms with Crippen molar-refractivity contribution in [3.63, 3.8) is 0 Å². The van der Waals surface area contributed by atoms with Gasteiger partial charge in [0.1, 0.15) is 6.10 Å². The summed E-state index contributed by atoms with van der Waals surface area (Å²) < 4.78 is 5.98. The fourth-order valence-corrected chi connectivity index (χ4v) is 4.09. The van der Waals surface area contributed by atoms with E-state index in [-0.39, 0.29) is 12.2 Å². The number of rotatable bonds is 1. The number of hydrogen-bond donors (Lipinski definition) is 2. The maximum absolute atomic E-state index is 10.4. The molecule has 1 aromatic carbocycles. The molecule has 0 unspecified atom stereocenters. The molecule has 3 heterocycles. The first-order valence-electron chi connectivity index (χ1n) is 8.62. The molecule has 1 spiro atoms. The highest BCUT2D eigenvalue weighted by atomic mass is 16.5. The summed E-state index contributed by atoms with van der Waals surface area (Å²) >= 11 is 0. The van der Waals surface area contributed by atoms with Gasteiger partial charge >= 0.3 is 0 Å². The zero-order valence-corrected chi connectivity index (χ0v) is 14.0. The van der Waals surface area contributed by atoms with Gasteiger partial charge in [0.05, 0.1) is 23.3 Å². The minimum absolute atomic E-state index is 0.213. The molecule has 2 saturated heterocycles. The van der Waals surface area contributed by atoms with Crippen LogP contribution >= 0.6 is 0 Å². The summed E-state index contributed by atoms with van der Waals surface area (Å²) in [6, 6.07) is 10.3. The number of hydrogen-bond acceptors (Lipinski definition) is 5.